The summed E-state index contributed by atoms with van der Waals surface area (Å²) in [5, 5.41) is 2.24. The van der Waals surface area contributed by atoms with Gasteiger partial charge in [0.25, 0.3) is 0 Å². The van der Waals surface area contributed by atoms with Crippen LogP contribution in [0.15, 0.2) is 36.7 Å². The first kappa shape index (κ1) is 18.9. The molecule has 0 N–H and O–H groups in total. The molecule has 2 amide bonds. The van der Waals surface area contributed by atoms with Crippen LogP contribution in [0.5, 0.6) is 0 Å². The van der Waals surface area contributed by atoms with Crippen molar-refractivity contribution >= 4 is 22.6 Å². The van der Waals surface area contributed by atoms with Gasteiger partial charge >= 0.3 is 0 Å². The number of fused-ring (bicyclic) bond motifs is 1. The van der Waals surface area contributed by atoms with Gasteiger partial charge in [0.2, 0.25) is 11.8 Å². The lowest BCUT2D eigenvalue weighted by molar-refractivity contribution is -0.142. The van der Waals surface area contributed by atoms with Crippen LogP contribution < -0.4 is 0 Å². The minimum atomic E-state index is 0.0225. The Morgan fingerprint density at radius 2 is 1.82 bits per heavy atom. The van der Waals surface area contributed by atoms with Crippen molar-refractivity contribution in [1.82, 2.24) is 14.8 Å². The summed E-state index contributed by atoms with van der Waals surface area (Å²) in [6.07, 6.45) is 9.66. The lowest BCUT2D eigenvalue weighted by Gasteiger charge is -2.34. The largest absolute Gasteiger partial charge is 0.342 e. The first-order valence-electron chi connectivity index (χ1n) is 10.5. The van der Waals surface area contributed by atoms with Gasteiger partial charge in [-0.05, 0) is 42.7 Å². The highest BCUT2D eigenvalue weighted by molar-refractivity contribution is 5.86. The predicted molar refractivity (Wildman–Crippen MR) is 109 cm³/mol. The summed E-state index contributed by atoms with van der Waals surface area (Å²) in [6.45, 7) is 2.04. The standard InChI is InChI=1S/C23H29N3O2/c1-25(16-20-8-4-7-19-15-24-12-9-21(19)20)22(27)18-10-13-26(14-11-18)23(28)17-5-2-3-6-17/h4,7-9,12,15,17-18H,2-3,5-6,10-11,13-14,16H2,1H3. The maximum atomic E-state index is 13.0. The highest BCUT2D eigenvalue weighted by Gasteiger charge is 2.32. The number of likely N-dealkylation sites (tertiary alicyclic amines) is 1. The number of pyridine rings is 1. The Morgan fingerprint density at radius 3 is 2.57 bits per heavy atom. The maximum Gasteiger partial charge on any atom is 0.225 e. The minimum Gasteiger partial charge on any atom is -0.342 e. The molecule has 4 rings (SSSR count). The third kappa shape index (κ3) is 3.89. The van der Waals surface area contributed by atoms with Gasteiger partial charge in [0.15, 0.2) is 0 Å². The molecule has 0 unspecified atom stereocenters. The molecular weight excluding hydrogens is 350 g/mol. The van der Waals surface area contributed by atoms with Crippen molar-refractivity contribution < 1.29 is 9.59 Å². The van der Waals surface area contributed by atoms with Crippen LogP contribution in [0.1, 0.15) is 44.1 Å². The number of aromatic nitrogens is 1. The molecule has 5 heteroatoms. The molecule has 1 aliphatic carbocycles. The predicted octanol–water partition coefficient (Wildman–Crippen LogP) is 3.62. The Labute approximate surface area is 166 Å². The average Bonchev–Trinajstić information content (AvgIpc) is 3.28. The molecule has 0 bridgehead atoms. The van der Waals surface area contributed by atoms with Crippen molar-refractivity contribution in [3.63, 3.8) is 0 Å². The van der Waals surface area contributed by atoms with E-state index >= 15 is 0 Å². The van der Waals surface area contributed by atoms with E-state index in [0.717, 1.165) is 55.1 Å². The van der Waals surface area contributed by atoms with Gasteiger partial charge in [0.1, 0.15) is 0 Å². The third-order valence-electron chi connectivity index (χ3n) is 6.42. The monoisotopic (exact) mass is 379 g/mol. The second kappa shape index (κ2) is 8.29. The molecule has 0 radical (unpaired) electrons. The number of nitrogens with zero attached hydrogens (tertiary/aromatic N) is 3. The molecule has 2 fully saturated rings. The van der Waals surface area contributed by atoms with Crippen molar-refractivity contribution in [2.45, 2.75) is 45.1 Å². The molecule has 1 aliphatic heterocycles. The van der Waals surface area contributed by atoms with E-state index in [1.807, 2.05) is 41.2 Å². The summed E-state index contributed by atoms with van der Waals surface area (Å²) in [4.78, 5) is 33.6. The number of piperidine rings is 1. The van der Waals surface area contributed by atoms with Crippen LogP contribution in [0.4, 0.5) is 0 Å². The zero-order valence-electron chi connectivity index (χ0n) is 16.6. The second-order valence-corrected chi connectivity index (χ2v) is 8.29. The second-order valence-electron chi connectivity index (χ2n) is 8.29. The van der Waals surface area contributed by atoms with E-state index in [1.165, 1.54) is 12.8 Å². The van der Waals surface area contributed by atoms with Gasteiger partial charge in [-0.3, -0.25) is 14.6 Å². The molecule has 148 valence electrons. The molecule has 0 atom stereocenters. The van der Waals surface area contributed by atoms with Crippen LogP contribution in [-0.4, -0.2) is 46.7 Å². The highest BCUT2D eigenvalue weighted by atomic mass is 16.2. The Balaban J connectivity index is 1.35. The van der Waals surface area contributed by atoms with E-state index in [1.54, 1.807) is 6.20 Å². The summed E-state index contributed by atoms with van der Waals surface area (Å²) in [6, 6.07) is 8.15. The van der Waals surface area contributed by atoms with Crippen molar-refractivity contribution in [3.05, 3.63) is 42.2 Å². The fourth-order valence-electron chi connectivity index (χ4n) is 4.75. The van der Waals surface area contributed by atoms with Crippen LogP contribution in [0.3, 0.4) is 0 Å². The number of rotatable bonds is 4. The molecule has 1 aromatic heterocycles. The lowest BCUT2D eigenvalue weighted by atomic mass is 9.93. The highest BCUT2D eigenvalue weighted by Crippen LogP contribution is 2.29. The number of carbonyl (C=O) groups is 2. The molecular formula is C23H29N3O2. The summed E-state index contributed by atoms with van der Waals surface area (Å²) in [7, 11) is 1.89. The van der Waals surface area contributed by atoms with Gasteiger partial charge in [-0.1, -0.05) is 31.0 Å². The maximum absolute atomic E-state index is 13.0. The molecule has 5 nitrogen and oxygen atoms in total. The first-order chi connectivity index (χ1) is 13.6. The Morgan fingerprint density at radius 1 is 1.07 bits per heavy atom. The summed E-state index contributed by atoms with van der Waals surface area (Å²) >= 11 is 0. The SMILES string of the molecule is CN(Cc1cccc2cnccc12)C(=O)C1CCN(C(=O)C2CCCC2)CC1. The molecule has 2 heterocycles. The number of carbonyl (C=O) groups excluding carboxylic acids is 2. The molecule has 28 heavy (non-hydrogen) atoms. The number of hydrogen-bond acceptors (Lipinski definition) is 3. The van der Waals surface area contributed by atoms with Crippen LogP contribution in [0, 0.1) is 11.8 Å². The van der Waals surface area contributed by atoms with E-state index in [4.69, 9.17) is 0 Å². The molecule has 0 spiro atoms. The van der Waals surface area contributed by atoms with Crippen molar-refractivity contribution in [2.24, 2.45) is 11.8 Å². The van der Waals surface area contributed by atoms with Gasteiger partial charge in [-0.2, -0.15) is 0 Å². The van der Waals surface area contributed by atoms with E-state index in [9.17, 15) is 9.59 Å². The van der Waals surface area contributed by atoms with Gasteiger partial charge in [-0.15, -0.1) is 0 Å². The molecule has 1 saturated carbocycles. The van der Waals surface area contributed by atoms with Gasteiger partial charge in [-0.25, -0.2) is 0 Å². The van der Waals surface area contributed by atoms with E-state index in [2.05, 4.69) is 11.1 Å². The van der Waals surface area contributed by atoms with Crippen LogP contribution in [-0.2, 0) is 16.1 Å². The van der Waals surface area contributed by atoms with Gasteiger partial charge in [0.05, 0.1) is 0 Å². The lowest BCUT2D eigenvalue weighted by Crippen LogP contribution is -2.45. The van der Waals surface area contributed by atoms with Crippen molar-refractivity contribution in [1.29, 1.82) is 0 Å². The normalized spacial score (nSPS) is 18.5. The third-order valence-corrected chi connectivity index (χ3v) is 6.42. The Bertz CT molecular complexity index is 847. The quantitative estimate of drug-likeness (QED) is 0.815. The van der Waals surface area contributed by atoms with E-state index in [-0.39, 0.29) is 17.7 Å². The minimum absolute atomic E-state index is 0.0225. The van der Waals surface area contributed by atoms with Crippen LogP contribution >= 0.6 is 0 Å². The summed E-state index contributed by atoms with van der Waals surface area (Å²) < 4.78 is 0. The van der Waals surface area contributed by atoms with Crippen LogP contribution in [0.2, 0.25) is 0 Å². The molecule has 2 aromatic rings. The van der Waals surface area contributed by atoms with E-state index in [0.29, 0.717) is 12.5 Å². The molecule has 1 saturated heterocycles. The number of amides is 2. The summed E-state index contributed by atoms with van der Waals surface area (Å²) in [5.41, 5.74) is 1.14. The zero-order chi connectivity index (χ0) is 19.5. The van der Waals surface area contributed by atoms with Gasteiger partial charge in [0, 0.05) is 56.3 Å². The first-order valence-corrected chi connectivity index (χ1v) is 10.5. The fourth-order valence-corrected chi connectivity index (χ4v) is 4.75. The van der Waals surface area contributed by atoms with Crippen molar-refractivity contribution in [3.8, 4) is 0 Å². The van der Waals surface area contributed by atoms with Crippen molar-refractivity contribution in [2.75, 3.05) is 20.1 Å². The molecule has 2 aliphatic rings. The van der Waals surface area contributed by atoms with Gasteiger partial charge < -0.3 is 9.80 Å². The topological polar surface area (TPSA) is 53.5 Å². The number of hydrogen-bond donors (Lipinski definition) is 0. The summed E-state index contributed by atoms with van der Waals surface area (Å²) in [5.74, 6) is 0.769. The average molecular weight is 380 g/mol. The van der Waals surface area contributed by atoms with Crippen LogP contribution in [0.25, 0.3) is 10.8 Å². The number of benzene rings is 1. The Kier molecular flexibility index (Phi) is 5.60. The zero-order valence-corrected chi connectivity index (χ0v) is 16.6. The van der Waals surface area contributed by atoms with E-state index < -0.39 is 0 Å². The smallest absolute Gasteiger partial charge is 0.225 e. The molecule has 1 aromatic carbocycles. The fraction of sp³-hybridized carbons (Fsp3) is 0.522. The Hall–Kier alpha value is -2.43.